The predicted octanol–water partition coefficient (Wildman–Crippen LogP) is 3.29. The van der Waals surface area contributed by atoms with E-state index in [-0.39, 0.29) is 23.9 Å². The van der Waals surface area contributed by atoms with Crippen molar-refractivity contribution in [1.82, 2.24) is 5.32 Å². The Bertz CT molecular complexity index is 861. The molecule has 27 heavy (non-hydrogen) atoms. The van der Waals surface area contributed by atoms with Gasteiger partial charge in [0, 0.05) is 18.2 Å². The summed E-state index contributed by atoms with van der Waals surface area (Å²) in [5, 5.41) is 14.0. The number of hydrogen-bond donors (Lipinski definition) is 1. The van der Waals surface area contributed by atoms with Crippen molar-refractivity contribution in [3.63, 3.8) is 0 Å². The van der Waals surface area contributed by atoms with Gasteiger partial charge in [0.25, 0.3) is 5.69 Å². The van der Waals surface area contributed by atoms with Crippen LogP contribution in [0.15, 0.2) is 42.5 Å². The topological polar surface area (TPSA) is 90.7 Å². The van der Waals surface area contributed by atoms with E-state index >= 15 is 0 Å². The maximum absolute atomic E-state index is 12.0. The standard InChI is InChI=1S/C20H22N2O5/c1-14-5-4-6-15(11-14)7-8-20(23)21-10-9-16-12-18(26-2)19(27-3)13-17(16)22(24)25/h4-8,11-13H,9-10H2,1-3H3,(H,21,23)/b8-7+. The fourth-order valence-corrected chi connectivity index (χ4v) is 2.61. The highest BCUT2D eigenvalue weighted by Gasteiger charge is 2.19. The van der Waals surface area contributed by atoms with Crippen molar-refractivity contribution in [3.8, 4) is 11.5 Å². The van der Waals surface area contributed by atoms with Crippen molar-refractivity contribution in [2.45, 2.75) is 13.3 Å². The van der Waals surface area contributed by atoms with Gasteiger partial charge in [0.1, 0.15) is 0 Å². The Morgan fingerprint density at radius 3 is 2.52 bits per heavy atom. The Hall–Kier alpha value is -3.35. The van der Waals surface area contributed by atoms with Gasteiger partial charge in [-0.1, -0.05) is 29.8 Å². The summed E-state index contributed by atoms with van der Waals surface area (Å²) in [6, 6.07) is 10.7. The van der Waals surface area contributed by atoms with Gasteiger partial charge in [-0.05, 0) is 31.1 Å². The van der Waals surface area contributed by atoms with E-state index in [1.54, 1.807) is 12.1 Å². The van der Waals surface area contributed by atoms with E-state index in [1.165, 1.54) is 26.4 Å². The van der Waals surface area contributed by atoms with Crippen LogP contribution in [0.3, 0.4) is 0 Å². The smallest absolute Gasteiger partial charge is 0.276 e. The summed E-state index contributed by atoms with van der Waals surface area (Å²) < 4.78 is 10.3. The number of rotatable bonds is 8. The predicted molar refractivity (Wildman–Crippen MR) is 103 cm³/mol. The fourth-order valence-electron chi connectivity index (χ4n) is 2.61. The third kappa shape index (κ3) is 5.57. The number of aryl methyl sites for hydroxylation is 1. The molecule has 0 fully saturated rings. The molecule has 0 heterocycles. The van der Waals surface area contributed by atoms with Gasteiger partial charge in [-0.15, -0.1) is 0 Å². The minimum absolute atomic E-state index is 0.0720. The Morgan fingerprint density at radius 2 is 1.89 bits per heavy atom. The third-order valence-electron chi connectivity index (χ3n) is 3.94. The number of carbonyl (C=O) groups is 1. The molecule has 0 radical (unpaired) electrons. The van der Waals surface area contributed by atoms with E-state index < -0.39 is 4.92 Å². The molecule has 0 atom stereocenters. The first-order valence-electron chi connectivity index (χ1n) is 8.36. The number of nitro benzene ring substituents is 1. The molecular weight excluding hydrogens is 348 g/mol. The van der Waals surface area contributed by atoms with Crippen LogP contribution in [-0.2, 0) is 11.2 Å². The molecule has 0 unspecified atom stereocenters. The summed E-state index contributed by atoms with van der Waals surface area (Å²) in [6.45, 7) is 2.24. The highest BCUT2D eigenvalue weighted by atomic mass is 16.6. The molecule has 2 aromatic carbocycles. The first-order valence-corrected chi connectivity index (χ1v) is 8.36. The fraction of sp³-hybridized carbons (Fsp3) is 0.250. The van der Waals surface area contributed by atoms with Gasteiger partial charge in [-0.25, -0.2) is 0 Å². The lowest BCUT2D eigenvalue weighted by molar-refractivity contribution is -0.385. The molecule has 2 aromatic rings. The monoisotopic (exact) mass is 370 g/mol. The van der Waals surface area contributed by atoms with Crippen LogP contribution in [0, 0.1) is 17.0 Å². The summed E-state index contributed by atoms with van der Waals surface area (Å²) in [6.07, 6.45) is 3.46. The Kier molecular flexibility index (Phi) is 6.93. The van der Waals surface area contributed by atoms with Gasteiger partial charge >= 0.3 is 0 Å². The van der Waals surface area contributed by atoms with E-state index in [1.807, 2.05) is 31.2 Å². The normalized spacial score (nSPS) is 10.6. The summed E-state index contributed by atoms with van der Waals surface area (Å²) in [5.41, 5.74) is 2.43. The van der Waals surface area contributed by atoms with Crippen LogP contribution in [-0.4, -0.2) is 31.6 Å². The molecule has 1 N–H and O–H groups in total. The number of nitrogens with one attached hydrogen (secondary N) is 1. The molecule has 0 saturated heterocycles. The number of carbonyl (C=O) groups excluding carboxylic acids is 1. The molecule has 0 aliphatic carbocycles. The van der Waals surface area contributed by atoms with E-state index in [0.717, 1.165) is 11.1 Å². The molecule has 0 bridgehead atoms. The first kappa shape index (κ1) is 20.0. The summed E-state index contributed by atoms with van der Waals surface area (Å²) in [5.74, 6) is 0.432. The molecule has 0 saturated carbocycles. The van der Waals surface area contributed by atoms with E-state index in [4.69, 9.17) is 9.47 Å². The van der Waals surface area contributed by atoms with Crippen LogP contribution < -0.4 is 14.8 Å². The lowest BCUT2D eigenvalue weighted by atomic mass is 10.1. The quantitative estimate of drug-likeness (QED) is 0.437. The van der Waals surface area contributed by atoms with Gasteiger partial charge in [-0.3, -0.25) is 14.9 Å². The summed E-state index contributed by atoms with van der Waals surface area (Å²) in [4.78, 5) is 22.8. The average Bonchev–Trinajstić information content (AvgIpc) is 2.65. The van der Waals surface area contributed by atoms with Crippen LogP contribution in [0.5, 0.6) is 11.5 Å². The van der Waals surface area contributed by atoms with Gasteiger partial charge in [0.2, 0.25) is 5.91 Å². The average molecular weight is 370 g/mol. The summed E-state index contributed by atoms with van der Waals surface area (Å²) in [7, 11) is 2.88. The molecule has 0 aromatic heterocycles. The Balaban J connectivity index is 2.01. The van der Waals surface area contributed by atoms with Crippen molar-refractivity contribution in [2.75, 3.05) is 20.8 Å². The Labute approximate surface area is 157 Å². The lowest BCUT2D eigenvalue weighted by Crippen LogP contribution is -2.23. The zero-order chi connectivity index (χ0) is 19.8. The second kappa shape index (κ2) is 9.38. The molecule has 0 spiro atoms. The molecule has 1 amide bonds. The van der Waals surface area contributed by atoms with Crippen molar-refractivity contribution in [2.24, 2.45) is 0 Å². The molecule has 0 aliphatic rings. The Morgan fingerprint density at radius 1 is 1.19 bits per heavy atom. The minimum atomic E-state index is -0.475. The highest BCUT2D eigenvalue weighted by molar-refractivity contribution is 5.91. The third-order valence-corrected chi connectivity index (χ3v) is 3.94. The zero-order valence-electron chi connectivity index (χ0n) is 15.5. The number of amides is 1. The van der Waals surface area contributed by atoms with Crippen molar-refractivity contribution >= 4 is 17.7 Å². The van der Waals surface area contributed by atoms with Crippen LogP contribution in [0.2, 0.25) is 0 Å². The number of nitrogens with zero attached hydrogens (tertiary/aromatic N) is 1. The van der Waals surface area contributed by atoms with E-state index in [9.17, 15) is 14.9 Å². The van der Waals surface area contributed by atoms with Crippen molar-refractivity contribution < 1.29 is 19.2 Å². The van der Waals surface area contributed by atoms with E-state index in [0.29, 0.717) is 17.7 Å². The van der Waals surface area contributed by atoms with Crippen LogP contribution in [0.4, 0.5) is 5.69 Å². The van der Waals surface area contributed by atoms with E-state index in [2.05, 4.69) is 5.32 Å². The van der Waals surface area contributed by atoms with Crippen LogP contribution in [0.1, 0.15) is 16.7 Å². The van der Waals surface area contributed by atoms with Crippen molar-refractivity contribution in [3.05, 3.63) is 69.3 Å². The molecular formula is C20H22N2O5. The number of methoxy groups -OCH3 is 2. The second-order valence-corrected chi connectivity index (χ2v) is 5.88. The summed E-state index contributed by atoms with van der Waals surface area (Å²) >= 11 is 0. The maximum atomic E-state index is 12.0. The SMILES string of the molecule is COc1cc(CCNC(=O)/C=C/c2cccc(C)c2)c([N+](=O)[O-])cc1OC. The maximum Gasteiger partial charge on any atom is 0.276 e. The van der Waals surface area contributed by atoms with Crippen LogP contribution >= 0.6 is 0 Å². The van der Waals surface area contributed by atoms with Gasteiger partial charge in [-0.2, -0.15) is 0 Å². The van der Waals surface area contributed by atoms with Crippen molar-refractivity contribution in [1.29, 1.82) is 0 Å². The number of hydrogen-bond acceptors (Lipinski definition) is 5. The number of ether oxygens (including phenoxy) is 2. The second-order valence-electron chi connectivity index (χ2n) is 5.88. The molecule has 0 aliphatic heterocycles. The van der Waals surface area contributed by atoms with Gasteiger partial charge in [0.05, 0.1) is 25.2 Å². The largest absolute Gasteiger partial charge is 0.493 e. The minimum Gasteiger partial charge on any atom is -0.493 e. The van der Waals surface area contributed by atoms with Crippen LogP contribution in [0.25, 0.3) is 6.08 Å². The number of benzene rings is 2. The highest BCUT2D eigenvalue weighted by Crippen LogP contribution is 2.34. The molecule has 7 nitrogen and oxygen atoms in total. The van der Waals surface area contributed by atoms with Gasteiger partial charge < -0.3 is 14.8 Å². The van der Waals surface area contributed by atoms with Gasteiger partial charge in [0.15, 0.2) is 11.5 Å². The number of nitro groups is 1. The molecule has 142 valence electrons. The lowest BCUT2D eigenvalue weighted by Gasteiger charge is -2.10. The first-order chi connectivity index (χ1) is 12.9. The molecule has 7 heteroatoms. The molecule has 2 rings (SSSR count). The zero-order valence-corrected chi connectivity index (χ0v) is 15.5.